The number of benzene rings is 3. The molecule has 5 aromatic rings. The molecule has 0 amide bonds. The Morgan fingerprint density at radius 3 is 2.65 bits per heavy atom. The van der Waals surface area contributed by atoms with Crippen molar-refractivity contribution in [1.82, 2.24) is 10.2 Å². The first kappa shape index (κ1) is 24.3. The Morgan fingerprint density at radius 2 is 1.86 bits per heavy atom. The molecule has 0 aliphatic heterocycles. The third-order valence-corrected chi connectivity index (χ3v) is 6.11. The minimum absolute atomic E-state index is 0.116. The molecule has 0 saturated heterocycles. The van der Waals surface area contributed by atoms with Gasteiger partial charge in [0, 0.05) is 28.3 Å². The van der Waals surface area contributed by atoms with Gasteiger partial charge in [0.15, 0.2) is 5.43 Å². The van der Waals surface area contributed by atoms with Crippen molar-refractivity contribution in [3.8, 4) is 11.3 Å². The zero-order chi connectivity index (χ0) is 26.3. The molecule has 7 heteroatoms. The number of rotatable bonds is 5. The molecule has 0 spiro atoms. The molecule has 0 radical (unpaired) electrons. The Hall–Kier alpha value is -4.39. The average Bonchev–Trinajstić information content (AvgIpc) is 3.31. The van der Waals surface area contributed by atoms with Gasteiger partial charge in [-0.3, -0.25) is 9.89 Å². The van der Waals surface area contributed by atoms with Gasteiger partial charge in [-0.2, -0.15) is 5.10 Å². The number of carbonyl (C=O) groups is 1. The fraction of sp³-hybridized carbons (Fsp3) is 0.233. The number of hydrogen-bond acceptors (Lipinski definition) is 6. The van der Waals surface area contributed by atoms with Crippen molar-refractivity contribution in [3.05, 3.63) is 93.8 Å². The van der Waals surface area contributed by atoms with Crippen LogP contribution in [0, 0.1) is 6.92 Å². The molecule has 1 atom stereocenters. The Bertz CT molecular complexity index is 1690. The maximum atomic E-state index is 13.2. The number of anilines is 1. The van der Waals surface area contributed by atoms with E-state index in [0.29, 0.717) is 28.0 Å². The van der Waals surface area contributed by atoms with Crippen LogP contribution >= 0.6 is 0 Å². The van der Waals surface area contributed by atoms with E-state index < -0.39 is 11.6 Å². The second-order valence-electron chi connectivity index (χ2n) is 10.3. The lowest BCUT2D eigenvalue weighted by Gasteiger charge is -2.22. The Labute approximate surface area is 214 Å². The van der Waals surface area contributed by atoms with Gasteiger partial charge in [-0.1, -0.05) is 18.2 Å². The van der Waals surface area contributed by atoms with Gasteiger partial charge in [-0.05, 0) is 76.6 Å². The Morgan fingerprint density at radius 1 is 1.08 bits per heavy atom. The van der Waals surface area contributed by atoms with Gasteiger partial charge in [0.05, 0.1) is 28.7 Å². The lowest BCUT2D eigenvalue weighted by atomic mass is 10.00. The predicted octanol–water partition coefficient (Wildman–Crippen LogP) is 6.77. The summed E-state index contributed by atoms with van der Waals surface area (Å²) in [6, 6.07) is 18.1. The van der Waals surface area contributed by atoms with Crippen molar-refractivity contribution >= 4 is 33.5 Å². The number of aryl methyl sites for hydroxylation is 1. The van der Waals surface area contributed by atoms with E-state index in [1.165, 1.54) is 6.07 Å². The topological polar surface area (TPSA) is 97.2 Å². The lowest BCUT2D eigenvalue weighted by molar-refractivity contribution is 0.00706. The van der Waals surface area contributed by atoms with Crippen LogP contribution < -0.4 is 10.7 Å². The zero-order valence-corrected chi connectivity index (χ0v) is 21.5. The highest BCUT2D eigenvalue weighted by atomic mass is 16.6. The van der Waals surface area contributed by atoms with E-state index in [1.54, 1.807) is 18.3 Å². The van der Waals surface area contributed by atoms with Crippen LogP contribution in [0.5, 0.6) is 0 Å². The van der Waals surface area contributed by atoms with Crippen molar-refractivity contribution in [3.63, 3.8) is 0 Å². The Kier molecular flexibility index (Phi) is 6.07. The minimum Gasteiger partial charge on any atom is -0.456 e. The molecule has 37 heavy (non-hydrogen) atoms. The van der Waals surface area contributed by atoms with E-state index in [9.17, 15) is 9.59 Å². The van der Waals surface area contributed by atoms with Crippen LogP contribution in [0.1, 0.15) is 55.2 Å². The average molecular weight is 496 g/mol. The van der Waals surface area contributed by atoms with Gasteiger partial charge in [-0.15, -0.1) is 0 Å². The molecule has 7 nitrogen and oxygen atoms in total. The fourth-order valence-electron chi connectivity index (χ4n) is 4.43. The molecule has 2 N–H and O–H groups in total. The molecule has 0 saturated carbocycles. The zero-order valence-electron chi connectivity index (χ0n) is 21.5. The number of fused-ring (bicyclic) bond motifs is 2. The van der Waals surface area contributed by atoms with Crippen LogP contribution in [0.2, 0.25) is 0 Å². The molecule has 188 valence electrons. The lowest BCUT2D eigenvalue weighted by Crippen LogP contribution is -2.24. The van der Waals surface area contributed by atoms with Gasteiger partial charge in [0.2, 0.25) is 0 Å². The van der Waals surface area contributed by atoms with Crippen LogP contribution in [0.25, 0.3) is 33.2 Å². The van der Waals surface area contributed by atoms with Gasteiger partial charge in [-0.25, -0.2) is 4.79 Å². The number of esters is 1. The molecule has 0 fully saturated rings. The number of aromatic amines is 1. The molecule has 0 aliphatic rings. The second-order valence-corrected chi connectivity index (χ2v) is 10.3. The number of nitrogens with zero attached hydrogens (tertiary/aromatic N) is 1. The number of ether oxygens (including phenoxy) is 1. The van der Waals surface area contributed by atoms with Crippen molar-refractivity contribution in [2.24, 2.45) is 0 Å². The first-order chi connectivity index (χ1) is 17.6. The van der Waals surface area contributed by atoms with E-state index in [1.807, 2.05) is 77.1 Å². The van der Waals surface area contributed by atoms with Crippen LogP contribution in [0.4, 0.5) is 5.69 Å². The summed E-state index contributed by atoms with van der Waals surface area (Å²) in [4.78, 5) is 26.0. The van der Waals surface area contributed by atoms with Gasteiger partial charge >= 0.3 is 5.97 Å². The minimum atomic E-state index is -0.609. The first-order valence-corrected chi connectivity index (χ1v) is 12.2. The fourth-order valence-corrected chi connectivity index (χ4v) is 4.43. The number of para-hydroxylation sites is 1. The van der Waals surface area contributed by atoms with E-state index in [0.717, 1.165) is 27.6 Å². The smallest absolute Gasteiger partial charge is 0.340 e. The third kappa shape index (κ3) is 4.98. The Balaban J connectivity index is 1.57. The second kappa shape index (κ2) is 9.24. The summed E-state index contributed by atoms with van der Waals surface area (Å²) in [5, 5.41) is 11.9. The quantitative estimate of drug-likeness (QED) is 0.261. The highest BCUT2D eigenvalue weighted by Gasteiger charge is 2.22. The number of nitrogens with one attached hydrogen (secondary N) is 2. The van der Waals surface area contributed by atoms with Crippen LogP contribution in [0.3, 0.4) is 0 Å². The monoisotopic (exact) mass is 495 g/mol. The van der Waals surface area contributed by atoms with E-state index in [4.69, 9.17) is 9.15 Å². The normalized spacial score (nSPS) is 12.6. The van der Waals surface area contributed by atoms with Gasteiger partial charge in [0.1, 0.15) is 16.9 Å². The van der Waals surface area contributed by atoms with Gasteiger partial charge in [0.25, 0.3) is 0 Å². The summed E-state index contributed by atoms with van der Waals surface area (Å²) in [5.74, 6) is 0.0763. The molecule has 0 bridgehead atoms. The summed E-state index contributed by atoms with van der Waals surface area (Å²) < 4.78 is 12.0. The van der Waals surface area contributed by atoms with Gasteiger partial charge < -0.3 is 14.5 Å². The standard InChI is InChI=1S/C30H29N3O4/c1-17-12-22(18(2)32-25-9-7-6-8-21(25)29(35)37-30(3,4)5)28-23(13-17)26(34)15-27(36-28)19-10-11-24-20(14-19)16-31-33-24/h6-16,18,32H,1-5H3,(H,31,33). The van der Waals surface area contributed by atoms with Crippen LogP contribution in [0.15, 0.2) is 76.1 Å². The summed E-state index contributed by atoms with van der Waals surface area (Å²) in [7, 11) is 0. The SMILES string of the molecule is Cc1cc(C(C)Nc2ccccc2C(=O)OC(C)(C)C)c2oc(-c3ccc4[nH]ncc4c3)cc(=O)c2c1. The highest BCUT2D eigenvalue weighted by molar-refractivity contribution is 5.96. The summed E-state index contributed by atoms with van der Waals surface area (Å²) >= 11 is 0. The number of hydrogen-bond donors (Lipinski definition) is 2. The number of H-pyrrole nitrogens is 1. The molecular weight excluding hydrogens is 466 g/mol. The van der Waals surface area contributed by atoms with Crippen molar-refractivity contribution in [2.45, 2.75) is 46.3 Å². The van der Waals surface area contributed by atoms with E-state index in [-0.39, 0.29) is 11.5 Å². The summed E-state index contributed by atoms with van der Waals surface area (Å²) in [6.07, 6.45) is 1.74. The maximum absolute atomic E-state index is 13.2. The highest BCUT2D eigenvalue weighted by Crippen LogP contribution is 2.32. The first-order valence-electron chi connectivity index (χ1n) is 12.2. The van der Waals surface area contributed by atoms with E-state index in [2.05, 4.69) is 15.5 Å². The van der Waals surface area contributed by atoms with E-state index >= 15 is 0 Å². The molecular formula is C30H29N3O4. The third-order valence-electron chi connectivity index (χ3n) is 6.11. The molecule has 0 aliphatic carbocycles. The summed E-state index contributed by atoms with van der Waals surface area (Å²) in [6.45, 7) is 9.44. The van der Waals surface area contributed by atoms with Crippen molar-refractivity contribution in [1.29, 1.82) is 0 Å². The van der Waals surface area contributed by atoms with Crippen LogP contribution in [-0.2, 0) is 4.74 Å². The predicted molar refractivity (Wildman–Crippen MR) is 146 cm³/mol. The van der Waals surface area contributed by atoms with Crippen LogP contribution in [-0.4, -0.2) is 21.8 Å². The number of aromatic nitrogens is 2. The number of carbonyl (C=O) groups excluding carboxylic acids is 1. The molecule has 5 rings (SSSR count). The largest absolute Gasteiger partial charge is 0.456 e. The molecule has 2 heterocycles. The maximum Gasteiger partial charge on any atom is 0.340 e. The molecule has 3 aromatic carbocycles. The molecule has 2 aromatic heterocycles. The van der Waals surface area contributed by atoms with Crippen molar-refractivity contribution < 1.29 is 13.9 Å². The van der Waals surface area contributed by atoms with Crippen molar-refractivity contribution in [2.75, 3.05) is 5.32 Å². The molecule has 1 unspecified atom stereocenters. The summed E-state index contributed by atoms with van der Waals surface area (Å²) in [5.41, 5.74) is 4.32.